The summed E-state index contributed by atoms with van der Waals surface area (Å²) in [6.07, 6.45) is -2.62. The molecule has 1 aromatic carbocycles. The van der Waals surface area contributed by atoms with Gasteiger partial charge in [-0.05, 0) is 51.4 Å². The van der Waals surface area contributed by atoms with Gasteiger partial charge in [0.25, 0.3) is 5.91 Å². The largest absolute Gasteiger partial charge is 0.416 e. The summed E-state index contributed by atoms with van der Waals surface area (Å²) in [6, 6.07) is 1.56. The Kier molecular flexibility index (Phi) is 11.2. The fourth-order valence-corrected chi connectivity index (χ4v) is 3.81. The summed E-state index contributed by atoms with van der Waals surface area (Å²) in [6.45, 7) is 6.87. The van der Waals surface area contributed by atoms with E-state index in [2.05, 4.69) is 16.0 Å². The van der Waals surface area contributed by atoms with Crippen LogP contribution < -0.4 is 16.0 Å². The predicted octanol–water partition coefficient (Wildman–Crippen LogP) is 3.05. The number of amides is 4. The van der Waals surface area contributed by atoms with E-state index in [1.165, 1.54) is 4.90 Å². The number of hydrogen-bond acceptors (Lipinski definition) is 5. The topological polar surface area (TPSA) is 114 Å². The normalized spacial score (nSPS) is 16.0. The summed E-state index contributed by atoms with van der Waals surface area (Å²) in [4.78, 5) is 41.2. The molecule has 12 heteroatoms. The Morgan fingerprint density at radius 1 is 1.19 bits per heavy atom. The molecule has 4 amide bonds. The monoisotopic (exact) mass is 529 g/mol. The summed E-state index contributed by atoms with van der Waals surface area (Å²) in [5, 5.41) is 18.1. The van der Waals surface area contributed by atoms with Crippen LogP contribution in [-0.4, -0.2) is 84.2 Å². The van der Waals surface area contributed by atoms with Crippen molar-refractivity contribution in [2.45, 2.75) is 70.8 Å². The third-order valence-electron chi connectivity index (χ3n) is 6.61. The van der Waals surface area contributed by atoms with Crippen LogP contribution in [-0.2, 0) is 11.0 Å². The molecular weight excluding hydrogens is 491 g/mol. The van der Waals surface area contributed by atoms with Gasteiger partial charge in [0.15, 0.2) is 0 Å². The first kappa shape index (κ1) is 30.4. The van der Waals surface area contributed by atoms with Crippen LogP contribution in [0.5, 0.6) is 0 Å². The van der Waals surface area contributed by atoms with Crippen molar-refractivity contribution in [2.24, 2.45) is 0 Å². The lowest BCUT2D eigenvalue weighted by atomic mass is 10.0. The van der Waals surface area contributed by atoms with Crippen molar-refractivity contribution in [1.29, 1.82) is 0 Å². The van der Waals surface area contributed by atoms with Gasteiger partial charge >= 0.3 is 12.2 Å². The SMILES string of the molecule is CCCC(O)C(CN(C)C(C)CC)NC(=O)CNC(=O)c1cc(C(F)(F)F)ccc1NC(=O)N1CCC1. The molecule has 0 aromatic heterocycles. The first-order valence-electron chi connectivity index (χ1n) is 12.6. The van der Waals surface area contributed by atoms with Crippen LogP contribution in [0.2, 0.25) is 0 Å². The molecule has 0 saturated carbocycles. The molecule has 1 aromatic rings. The van der Waals surface area contributed by atoms with Crippen LogP contribution in [0.1, 0.15) is 62.4 Å². The number of carbonyl (C=O) groups excluding carboxylic acids is 3. The van der Waals surface area contributed by atoms with Crippen molar-refractivity contribution < 1.29 is 32.7 Å². The zero-order valence-corrected chi connectivity index (χ0v) is 21.8. The zero-order valence-electron chi connectivity index (χ0n) is 21.8. The highest BCUT2D eigenvalue weighted by Gasteiger charge is 2.32. The molecule has 9 nitrogen and oxygen atoms in total. The van der Waals surface area contributed by atoms with Crippen LogP contribution in [0.4, 0.5) is 23.7 Å². The minimum Gasteiger partial charge on any atom is -0.391 e. The van der Waals surface area contributed by atoms with E-state index in [-0.39, 0.29) is 11.7 Å². The van der Waals surface area contributed by atoms with Gasteiger partial charge < -0.3 is 30.9 Å². The number of carbonyl (C=O) groups is 3. The zero-order chi connectivity index (χ0) is 27.8. The minimum absolute atomic E-state index is 0.0887. The van der Waals surface area contributed by atoms with E-state index < -0.39 is 53.8 Å². The van der Waals surface area contributed by atoms with E-state index in [4.69, 9.17) is 0 Å². The van der Waals surface area contributed by atoms with E-state index in [1.807, 2.05) is 32.7 Å². The lowest BCUT2D eigenvalue weighted by Gasteiger charge is -2.31. The molecule has 1 aliphatic heterocycles. The number of likely N-dealkylation sites (tertiary alicyclic amines) is 1. The molecule has 1 aliphatic rings. The third-order valence-corrected chi connectivity index (χ3v) is 6.61. The molecule has 0 aliphatic carbocycles. The van der Waals surface area contributed by atoms with E-state index in [1.54, 1.807) is 0 Å². The number of hydrogen-bond donors (Lipinski definition) is 4. The Morgan fingerprint density at radius 3 is 2.41 bits per heavy atom. The molecule has 4 N–H and O–H groups in total. The van der Waals surface area contributed by atoms with Crippen molar-refractivity contribution >= 4 is 23.5 Å². The van der Waals surface area contributed by atoms with Crippen LogP contribution in [0, 0.1) is 0 Å². The third kappa shape index (κ3) is 8.89. The summed E-state index contributed by atoms with van der Waals surface area (Å²) < 4.78 is 39.8. The molecule has 3 atom stereocenters. The van der Waals surface area contributed by atoms with Crippen molar-refractivity contribution in [1.82, 2.24) is 20.4 Å². The molecule has 0 bridgehead atoms. The average Bonchev–Trinajstić information content (AvgIpc) is 2.79. The van der Waals surface area contributed by atoms with E-state index in [9.17, 15) is 32.7 Å². The van der Waals surface area contributed by atoms with Crippen LogP contribution in [0.3, 0.4) is 0 Å². The maximum atomic E-state index is 13.3. The van der Waals surface area contributed by atoms with Gasteiger partial charge in [0, 0.05) is 25.7 Å². The number of aliphatic hydroxyl groups is 1. The fraction of sp³-hybridized carbons (Fsp3) is 0.640. The highest BCUT2D eigenvalue weighted by molar-refractivity contribution is 6.04. The molecule has 0 radical (unpaired) electrons. The molecule has 0 spiro atoms. The van der Waals surface area contributed by atoms with Crippen LogP contribution in [0.25, 0.3) is 0 Å². The summed E-state index contributed by atoms with van der Waals surface area (Å²) in [5.74, 6) is -1.54. The second kappa shape index (κ2) is 13.6. The van der Waals surface area contributed by atoms with Gasteiger partial charge in [-0.25, -0.2) is 4.79 Å². The van der Waals surface area contributed by atoms with E-state index in [0.717, 1.165) is 25.0 Å². The molecule has 1 saturated heterocycles. The van der Waals surface area contributed by atoms with Crippen molar-refractivity contribution in [3.8, 4) is 0 Å². The Hall–Kier alpha value is -2.86. The van der Waals surface area contributed by atoms with Crippen molar-refractivity contribution in [3.63, 3.8) is 0 Å². The van der Waals surface area contributed by atoms with Gasteiger partial charge in [0.05, 0.1) is 35.5 Å². The lowest BCUT2D eigenvalue weighted by molar-refractivity contribution is -0.137. The number of nitrogens with one attached hydrogen (secondary N) is 3. The number of aliphatic hydroxyl groups excluding tert-OH is 1. The van der Waals surface area contributed by atoms with E-state index in [0.29, 0.717) is 38.5 Å². The number of likely N-dealkylation sites (N-methyl/N-ethyl adjacent to an activating group) is 1. The molecule has 1 heterocycles. The molecule has 1 fully saturated rings. The number of nitrogens with zero attached hydrogens (tertiary/aromatic N) is 2. The Balaban J connectivity index is 2.11. The Bertz CT molecular complexity index is 939. The summed E-state index contributed by atoms with van der Waals surface area (Å²) in [7, 11) is 1.89. The van der Waals surface area contributed by atoms with Crippen molar-refractivity contribution in [2.75, 3.05) is 38.5 Å². The molecular formula is C25H38F3N5O4. The number of alkyl halides is 3. The Morgan fingerprint density at radius 2 is 1.86 bits per heavy atom. The highest BCUT2D eigenvalue weighted by atomic mass is 19.4. The van der Waals surface area contributed by atoms with Gasteiger partial charge in [0.1, 0.15) is 0 Å². The van der Waals surface area contributed by atoms with Gasteiger partial charge in [-0.1, -0.05) is 20.3 Å². The number of anilines is 1. The highest BCUT2D eigenvalue weighted by Crippen LogP contribution is 2.32. The Labute approximate surface area is 215 Å². The van der Waals surface area contributed by atoms with Crippen molar-refractivity contribution in [3.05, 3.63) is 29.3 Å². The number of benzene rings is 1. The molecule has 208 valence electrons. The smallest absolute Gasteiger partial charge is 0.391 e. The van der Waals surface area contributed by atoms with Crippen LogP contribution in [0.15, 0.2) is 18.2 Å². The van der Waals surface area contributed by atoms with E-state index >= 15 is 0 Å². The van der Waals surface area contributed by atoms with Gasteiger partial charge in [-0.2, -0.15) is 13.2 Å². The first-order chi connectivity index (χ1) is 17.4. The first-order valence-corrected chi connectivity index (χ1v) is 12.6. The molecule has 37 heavy (non-hydrogen) atoms. The predicted molar refractivity (Wildman–Crippen MR) is 134 cm³/mol. The summed E-state index contributed by atoms with van der Waals surface area (Å²) >= 11 is 0. The lowest BCUT2D eigenvalue weighted by Crippen LogP contribution is -2.53. The number of rotatable bonds is 12. The second-order valence-corrected chi connectivity index (χ2v) is 9.44. The number of urea groups is 1. The average molecular weight is 530 g/mol. The molecule has 3 unspecified atom stereocenters. The second-order valence-electron chi connectivity index (χ2n) is 9.44. The maximum absolute atomic E-state index is 13.3. The fourth-order valence-electron chi connectivity index (χ4n) is 3.81. The van der Waals surface area contributed by atoms with Crippen LogP contribution >= 0.6 is 0 Å². The van der Waals surface area contributed by atoms with Gasteiger partial charge in [0.2, 0.25) is 5.91 Å². The quantitative estimate of drug-likeness (QED) is 0.332. The maximum Gasteiger partial charge on any atom is 0.416 e. The standard InChI is InChI=1S/C25H38F3N5O4/c1-5-8-21(34)20(15-32(4)16(3)6-2)30-22(35)14-29-23(36)18-13-17(25(26,27)28)9-10-19(18)31-24(37)33-11-7-12-33/h9-10,13,16,20-21,34H,5-8,11-12,14-15H2,1-4H3,(H,29,36)(H,30,35)(H,31,37). The van der Waals surface area contributed by atoms with Gasteiger partial charge in [-0.15, -0.1) is 0 Å². The summed E-state index contributed by atoms with van der Waals surface area (Å²) in [5.41, 5.74) is -1.55. The molecule has 2 rings (SSSR count). The number of halogens is 3. The minimum atomic E-state index is -4.70. The van der Waals surface area contributed by atoms with Gasteiger partial charge in [-0.3, -0.25) is 9.59 Å².